The van der Waals surface area contributed by atoms with Gasteiger partial charge in [-0.05, 0) is 63.4 Å². The summed E-state index contributed by atoms with van der Waals surface area (Å²) in [6.07, 6.45) is 0. The summed E-state index contributed by atoms with van der Waals surface area (Å²) in [6.45, 7) is 2.14. The van der Waals surface area contributed by atoms with Crippen LogP contribution in [-0.2, 0) is 0 Å². The van der Waals surface area contributed by atoms with Gasteiger partial charge in [-0.2, -0.15) is 11.3 Å². The average Bonchev–Trinajstić information content (AvgIpc) is 2.81. The third-order valence-corrected chi connectivity index (χ3v) is 4.24. The molecule has 1 unspecified atom stereocenters. The van der Waals surface area contributed by atoms with Crippen molar-refractivity contribution in [3.8, 4) is 0 Å². The lowest BCUT2D eigenvalue weighted by Crippen LogP contribution is -2.11. The molecule has 94 valence electrons. The van der Waals surface area contributed by atoms with Crippen molar-refractivity contribution in [3.63, 3.8) is 0 Å². The van der Waals surface area contributed by atoms with E-state index in [0.717, 1.165) is 15.7 Å². The largest absolute Gasteiger partial charge is 0.389 e. The van der Waals surface area contributed by atoms with Crippen molar-refractivity contribution in [2.45, 2.75) is 13.0 Å². The number of thiocarbonyl (C=S) groups is 1. The van der Waals surface area contributed by atoms with Gasteiger partial charge >= 0.3 is 0 Å². The van der Waals surface area contributed by atoms with Gasteiger partial charge < -0.3 is 11.1 Å². The number of hydrogen-bond acceptors (Lipinski definition) is 3. The molecule has 0 aliphatic rings. The molecule has 5 heteroatoms. The van der Waals surface area contributed by atoms with E-state index < -0.39 is 0 Å². The van der Waals surface area contributed by atoms with Crippen molar-refractivity contribution in [2.24, 2.45) is 5.73 Å². The Hall–Kier alpha value is -0.910. The van der Waals surface area contributed by atoms with E-state index in [2.05, 4.69) is 45.0 Å². The van der Waals surface area contributed by atoms with Crippen LogP contribution >= 0.6 is 39.5 Å². The minimum atomic E-state index is 0.277. The third-order valence-electron chi connectivity index (χ3n) is 2.66. The Morgan fingerprint density at radius 1 is 1.44 bits per heavy atom. The standard InChI is InChI=1S/C13H13BrN2S2/c1-8(9-4-5-18-7-9)16-10-2-3-11(13(15)17)12(14)6-10/h2-8,16H,1H3,(H2,15,17). The second kappa shape index (κ2) is 5.82. The zero-order chi connectivity index (χ0) is 13.1. The van der Waals surface area contributed by atoms with E-state index in [1.165, 1.54) is 5.56 Å². The summed E-state index contributed by atoms with van der Waals surface area (Å²) in [5.41, 5.74) is 8.81. The molecule has 1 aromatic heterocycles. The smallest absolute Gasteiger partial charge is 0.105 e. The van der Waals surface area contributed by atoms with Gasteiger partial charge in [0, 0.05) is 21.8 Å². The zero-order valence-electron chi connectivity index (χ0n) is 9.81. The second-order valence-electron chi connectivity index (χ2n) is 3.98. The van der Waals surface area contributed by atoms with Crippen LogP contribution in [0, 0.1) is 0 Å². The molecule has 18 heavy (non-hydrogen) atoms. The Bertz CT molecular complexity index is 552. The highest BCUT2D eigenvalue weighted by atomic mass is 79.9. The van der Waals surface area contributed by atoms with Gasteiger partial charge in [0.25, 0.3) is 0 Å². The van der Waals surface area contributed by atoms with Gasteiger partial charge in [0.05, 0.1) is 0 Å². The van der Waals surface area contributed by atoms with Crippen LogP contribution in [0.1, 0.15) is 24.1 Å². The molecule has 0 bridgehead atoms. The summed E-state index contributed by atoms with van der Waals surface area (Å²) in [6, 6.07) is 8.31. The normalized spacial score (nSPS) is 12.1. The van der Waals surface area contributed by atoms with Crippen LogP contribution in [0.2, 0.25) is 0 Å². The molecule has 0 saturated carbocycles. The van der Waals surface area contributed by atoms with Gasteiger partial charge in [0.2, 0.25) is 0 Å². The van der Waals surface area contributed by atoms with E-state index in [-0.39, 0.29) is 6.04 Å². The summed E-state index contributed by atoms with van der Waals surface area (Å²) >= 11 is 10.2. The lowest BCUT2D eigenvalue weighted by Gasteiger charge is -2.15. The summed E-state index contributed by atoms with van der Waals surface area (Å²) in [4.78, 5) is 0.402. The number of anilines is 1. The van der Waals surface area contributed by atoms with E-state index in [0.29, 0.717) is 4.99 Å². The first-order valence-electron chi connectivity index (χ1n) is 5.46. The molecular formula is C13H13BrN2S2. The van der Waals surface area contributed by atoms with Crippen molar-refractivity contribution >= 4 is 50.2 Å². The van der Waals surface area contributed by atoms with Crippen molar-refractivity contribution < 1.29 is 0 Å². The van der Waals surface area contributed by atoms with E-state index in [9.17, 15) is 0 Å². The molecule has 0 fully saturated rings. The Morgan fingerprint density at radius 2 is 2.22 bits per heavy atom. The monoisotopic (exact) mass is 340 g/mol. The Morgan fingerprint density at radius 3 is 2.78 bits per heavy atom. The zero-order valence-corrected chi connectivity index (χ0v) is 13.0. The Kier molecular flexibility index (Phi) is 4.37. The minimum absolute atomic E-state index is 0.277. The number of benzene rings is 1. The summed E-state index contributed by atoms with van der Waals surface area (Å²) in [5, 5.41) is 7.68. The number of thiophene rings is 1. The molecule has 2 rings (SSSR count). The number of nitrogens with one attached hydrogen (secondary N) is 1. The van der Waals surface area contributed by atoms with Gasteiger partial charge in [0.1, 0.15) is 4.99 Å². The average molecular weight is 341 g/mol. The molecule has 3 N–H and O–H groups in total. The molecule has 0 radical (unpaired) electrons. The molecule has 2 nitrogen and oxygen atoms in total. The first-order valence-corrected chi connectivity index (χ1v) is 7.60. The number of rotatable bonds is 4. The predicted octanol–water partition coefficient (Wildman–Crippen LogP) is 4.32. The summed E-state index contributed by atoms with van der Waals surface area (Å²) in [5.74, 6) is 0. The minimum Gasteiger partial charge on any atom is -0.389 e. The highest BCUT2D eigenvalue weighted by Crippen LogP contribution is 2.25. The van der Waals surface area contributed by atoms with Gasteiger partial charge in [-0.15, -0.1) is 0 Å². The van der Waals surface area contributed by atoms with Crippen LogP contribution in [-0.4, -0.2) is 4.99 Å². The van der Waals surface area contributed by atoms with E-state index in [4.69, 9.17) is 18.0 Å². The Balaban J connectivity index is 2.15. The topological polar surface area (TPSA) is 38.0 Å². The molecule has 0 spiro atoms. The maximum absolute atomic E-state index is 5.63. The molecule has 1 aromatic carbocycles. The second-order valence-corrected chi connectivity index (χ2v) is 6.06. The molecule has 0 saturated heterocycles. The number of hydrogen-bond donors (Lipinski definition) is 2. The molecule has 2 aromatic rings. The SMILES string of the molecule is CC(Nc1ccc(C(N)=S)c(Br)c1)c1ccsc1. The maximum atomic E-state index is 5.63. The lowest BCUT2D eigenvalue weighted by atomic mass is 10.1. The van der Waals surface area contributed by atoms with Crippen molar-refractivity contribution in [3.05, 3.63) is 50.6 Å². The summed E-state index contributed by atoms with van der Waals surface area (Å²) in [7, 11) is 0. The fraction of sp³-hybridized carbons (Fsp3) is 0.154. The predicted molar refractivity (Wildman–Crippen MR) is 86.4 cm³/mol. The first-order chi connectivity index (χ1) is 8.58. The van der Waals surface area contributed by atoms with Crippen LogP contribution in [0.5, 0.6) is 0 Å². The van der Waals surface area contributed by atoms with E-state index in [1.807, 2.05) is 18.2 Å². The van der Waals surface area contributed by atoms with Crippen LogP contribution in [0.15, 0.2) is 39.5 Å². The van der Waals surface area contributed by atoms with Crippen molar-refractivity contribution in [2.75, 3.05) is 5.32 Å². The molecule has 0 aliphatic heterocycles. The quantitative estimate of drug-likeness (QED) is 0.814. The molecule has 0 aliphatic carbocycles. The van der Waals surface area contributed by atoms with Crippen molar-refractivity contribution in [1.29, 1.82) is 0 Å². The van der Waals surface area contributed by atoms with Crippen LogP contribution in [0.3, 0.4) is 0 Å². The summed E-state index contributed by atoms with van der Waals surface area (Å²) < 4.78 is 0.914. The highest BCUT2D eigenvalue weighted by molar-refractivity contribution is 9.10. The van der Waals surface area contributed by atoms with E-state index in [1.54, 1.807) is 11.3 Å². The molecule has 1 atom stereocenters. The van der Waals surface area contributed by atoms with Crippen LogP contribution < -0.4 is 11.1 Å². The van der Waals surface area contributed by atoms with Crippen LogP contribution in [0.25, 0.3) is 0 Å². The number of nitrogens with two attached hydrogens (primary N) is 1. The van der Waals surface area contributed by atoms with Crippen molar-refractivity contribution in [1.82, 2.24) is 0 Å². The number of halogens is 1. The van der Waals surface area contributed by atoms with Gasteiger partial charge in [-0.25, -0.2) is 0 Å². The fourth-order valence-electron chi connectivity index (χ4n) is 1.66. The molecule has 0 amide bonds. The fourth-order valence-corrected chi connectivity index (χ4v) is 3.32. The van der Waals surface area contributed by atoms with Gasteiger partial charge in [0.15, 0.2) is 0 Å². The third kappa shape index (κ3) is 3.10. The molecular weight excluding hydrogens is 328 g/mol. The van der Waals surface area contributed by atoms with E-state index >= 15 is 0 Å². The highest BCUT2D eigenvalue weighted by Gasteiger charge is 2.08. The Labute approximate surface area is 124 Å². The lowest BCUT2D eigenvalue weighted by molar-refractivity contribution is 0.890. The first kappa shape index (κ1) is 13.5. The molecule has 1 heterocycles. The maximum Gasteiger partial charge on any atom is 0.105 e. The van der Waals surface area contributed by atoms with Crippen LogP contribution in [0.4, 0.5) is 5.69 Å². The van der Waals surface area contributed by atoms with Gasteiger partial charge in [-0.3, -0.25) is 0 Å². The van der Waals surface area contributed by atoms with Gasteiger partial charge in [-0.1, -0.05) is 12.2 Å².